The van der Waals surface area contributed by atoms with Crippen LogP contribution in [0.1, 0.15) is 93.8 Å². The van der Waals surface area contributed by atoms with Crippen LogP contribution in [0.4, 0.5) is 0 Å². The van der Waals surface area contributed by atoms with Crippen LogP contribution in [0.25, 0.3) is 11.4 Å². The summed E-state index contributed by atoms with van der Waals surface area (Å²) >= 11 is 0. The lowest BCUT2D eigenvalue weighted by Gasteiger charge is -2.36. The molecule has 0 fully saturated rings. The summed E-state index contributed by atoms with van der Waals surface area (Å²) in [6.45, 7) is 6.22. The van der Waals surface area contributed by atoms with Gasteiger partial charge < -0.3 is 24.2 Å². The first-order valence-corrected chi connectivity index (χ1v) is 17.5. The van der Waals surface area contributed by atoms with Crippen molar-refractivity contribution in [1.82, 2.24) is 19.4 Å². The number of methoxy groups -OCH3 is 1. The first-order chi connectivity index (χ1) is 23.9. The number of fused-ring (bicyclic) bond motifs is 1. The fourth-order valence-electron chi connectivity index (χ4n) is 6.48. The van der Waals surface area contributed by atoms with E-state index in [1.54, 1.807) is 23.1 Å². The minimum Gasteiger partial charge on any atom is -0.465 e. The Hall–Kier alpha value is -4.76. The van der Waals surface area contributed by atoms with Gasteiger partial charge in [0.1, 0.15) is 11.5 Å². The molecule has 2 heterocycles. The van der Waals surface area contributed by atoms with Crippen molar-refractivity contribution in [2.24, 2.45) is 0 Å². The molecule has 0 radical (unpaired) electrons. The maximum Gasteiger partial charge on any atom is 0.337 e. The van der Waals surface area contributed by atoms with Crippen LogP contribution >= 0.6 is 0 Å². The minimum absolute atomic E-state index is 0.128. The Morgan fingerprint density at radius 2 is 1.61 bits per heavy atom. The monoisotopic (exact) mass is 664 g/mol. The van der Waals surface area contributed by atoms with Crippen molar-refractivity contribution in [2.45, 2.75) is 77.9 Å². The van der Waals surface area contributed by atoms with Crippen molar-refractivity contribution in [3.63, 3.8) is 0 Å². The number of rotatable bonds is 15. The van der Waals surface area contributed by atoms with E-state index in [-0.39, 0.29) is 29.5 Å². The topological polar surface area (TPSA) is 105 Å². The first kappa shape index (κ1) is 35.5. The molecule has 9 nitrogen and oxygen atoms in total. The molecule has 49 heavy (non-hydrogen) atoms. The molecule has 0 saturated carbocycles. The Kier molecular flexibility index (Phi) is 12.4. The van der Waals surface area contributed by atoms with Crippen LogP contribution in [0.2, 0.25) is 0 Å². The summed E-state index contributed by atoms with van der Waals surface area (Å²) < 4.78 is 6.99. The zero-order valence-electron chi connectivity index (χ0n) is 28.9. The fraction of sp³-hybridized carbons (Fsp3) is 0.400. The van der Waals surface area contributed by atoms with Gasteiger partial charge in [-0.2, -0.15) is 0 Å². The van der Waals surface area contributed by atoms with Crippen LogP contribution in [0, 0.1) is 0 Å². The van der Waals surface area contributed by atoms with E-state index >= 15 is 0 Å². The van der Waals surface area contributed by atoms with Gasteiger partial charge in [-0.3, -0.25) is 9.59 Å². The quantitative estimate of drug-likeness (QED) is 0.144. The fourth-order valence-corrected chi connectivity index (χ4v) is 6.48. The molecule has 1 N–H and O–H groups in total. The summed E-state index contributed by atoms with van der Waals surface area (Å²) in [5, 5.41) is 10.4. The van der Waals surface area contributed by atoms with E-state index in [2.05, 4.69) is 26.0 Å². The first-order valence-electron chi connectivity index (χ1n) is 17.5. The molecule has 2 amide bonds. The smallest absolute Gasteiger partial charge is 0.337 e. The van der Waals surface area contributed by atoms with Gasteiger partial charge in [-0.1, -0.05) is 81.3 Å². The van der Waals surface area contributed by atoms with Crippen LogP contribution < -0.4 is 0 Å². The Bertz CT molecular complexity index is 1730. The van der Waals surface area contributed by atoms with Crippen molar-refractivity contribution >= 4 is 17.8 Å². The number of amides is 2. The van der Waals surface area contributed by atoms with E-state index in [4.69, 9.17) is 9.72 Å². The maximum absolute atomic E-state index is 14.6. The standard InChI is InChI=1S/C40H48N4O5/c1-4-6-21-42(22-7-5-2)39(47)36-27-43(23-13-16-29-14-9-8-10-15-29)37(41-36)34-20-19-31(40(48)49-3)25-35(34)38(46)44-26-32-18-12-11-17-30(32)24-33(44)28-45/h8-12,14-15,17-20,25,27,33,45H,4-7,13,16,21-24,26,28H2,1-3H3/t33-/m0/s1. The molecule has 9 heteroatoms. The van der Waals surface area contributed by atoms with Crippen LogP contribution in [0.3, 0.4) is 0 Å². The number of imidazole rings is 1. The number of ether oxygens (including phenoxy) is 1. The van der Waals surface area contributed by atoms with E-state index in [1.165, 1.54) is 12.7 Å². The average Bonchev–Trinajstić information content (AvgIpc) is 3.57. The van der Waals surface area contributed by atoms with E-state index in [9.17, 15) is 19.5 Å². The molecule has 0 unspecified atom stereocenters. The summed E-state index contributed by atoms with van der Waals surface area (Å²) in [5.74, 6) is -0.529. The third-order valence-electron chi connectivity index (χ3n) is 9.29. The van der Waals surface area contributed by atoms with Crippen LogP contribution in [0.15, 0.2) is 79.0 Å². The van der Waals surface area contributed by atoms with Crippen LogP contribution in [-0.4, -0.2) is 75.1 Å². The van der Waals surface area contributed by atoms with Gasteiger partial charge in [-0.05, 0) is 67.0 Å². The SMILES string of the molecule is CCCCN(CCCC)C(=O)c1cn(CCCc2ccccc2)c(-c2ccc(C(=O)OC)cc2C(=O)N2Cc3ccccc3C[C@H]2CO)n1. The second-order valence-corrected chi connectivity index (χ2v) is 12.7. The van der Waals surface area contributed by atoms with Gasteiger partial charge in [0.05, 0.1) is 30.9 Å². The van der Waals surface area contributed by atoms with Gasteiger partial charge in [-0.15, -0.1) is 0 Å². The molecule has 0 bridgehead atoms. The lowest BCUT2D eigenvalue weighted by atomic mass is 9.92. The molecule has 1 atom stereocenters. The Morgan fingerprint density at radius 1 is 0.918 bits per heavy atom. The number of nitrogens with zero attached hydrogens (tertiary/aromatic N) is 4. The van der Waals surface area contributed by atoms with E-state index in [0.29, 0.717) is 49.7 Å². The number of esters is 1. The van der Waals surface area contributed by atoms with Crippen LogP contribution in [0.5, 0.6) is 0 Å². The highest BCUT2D eigenvalue weighted by Gasteiger charge is 2.33. The Labute approximate surface area is 289 Å². The number of carbonyl (C=O) groups is 3. The highest BCUT2D eigenvalue weighted by atomic mass is 16.5. The second-order valence-electron chi connectivity index (χ2n) is 12.7. The number of aryl methyl sites for hydroxylation is 2. The molecule has 3 aromatic carbocycles. The van der Waals surface area contributed by atoms with Crippen LogP contribution in [-0.2, 0) is 30.7 Å². The molecule has 0 saturated heterocycles. The summed E-state index contributed by atoms with van der Waals surface area (Å²) in [5.41, 5.74) is 4.67. The third-order valence-corrected chi connectivity index (χ3v) is 9.29. The molecule has 1 aliphatic heterocycles. The average molecular weight is 665 g/mol. The summed E-state index contributed by atoms with van der Waals surface area (Å²) in [7, 11) is 1.31. The number of aliphatic hydroxyl groups is 1. The minimum atomic E-state index is -0.562. The number of benzene rings is 3. The summed E-state index contributed by atoms with van der Waals surface area (Å²) in [4.78, 5) is 49.8. The Morgan fingerprint density at radius 3 is 2.29 bits per heavy atom. The molecule has 1 aliphatic rings. The second kappa shape index (κ2) is 17.1. The van der Waals surface area contributed by atoms with Crippen molar-refractivity contribution in [3.8, 4) is 11.4 Å². The third kappa shape index (κ3) is 8.46. The maximum atomic E-state index is 14.6. The van der Waals surface area contributed by atoms with E-state index < -0.39 is 12.0 Å². The summed E-state index contributed by atoms with van der Waals surface area (Å²) in [6.07, 6.45) is 7.70. The van der Waals surface area contributed by atoms with E-state index in [1.807, 2.05) is 58.1 Å². The van der Waals surface area contributed by atoms with Crippen molar-refractivity contribution in [3.05, 3.63) is 113 Å². The van der Waals surface area contributed by atoms with Gasteiger partial charge in [0.25, 0.3) is 11.8 Å². The Balaban J connectivity index is 1.58. The molecule has 1 aromatic heterocycles. The molecule has 258 valence electrons. The molecule has 5 rings (SSSR count). The molecular weight excluding hydrogens is 616 g/mol. The van der Waals surface area contributed by atoms with Gasteiger partial charge in [-0.25, -0.2) is 9.78 Å². The number of hydrogen-bond donors (Lipinski definition) is 1. The predicted molar refractivity (Wildman–Crippen MR) is 190 cm³/mol. The van der Waals surface area contributed by atoms with Gasteiger partial charge in [0.2, 0.25) is 0 Å². The predicted octanol–water partition coefficient (Wildman–Crippen LogP) is 6.57. The zero-order chi connectivity index (χ0) is 34.8. The van der Waals surface area contributed by atoms with Crippen molar-refractivity contribution < 1.29 is 24.2 Å². The van der Waals surface area contributed by atoms with Gasteiger partial charge in [0, 0.05) is 37.9 Å². The van der Waals surface area contributed by atoms with Crippen molar-refractivity contribution in [2.75, 3.05) is 26.8 Å². The van der Waals surface area contributed by atoms with Gasteiger partial charge >= 0.3 is 5.97 Å². The number of unbranched alkanes of at least 4 members (excludes halogenated alkanes) is 2. The molecule has 0 spiro atoms. The zero-order valence-corrected chi connectivity index (χ0v) is 28.9. The number of aromatic nitrogens is 2. The van der Waals surface area contributed by atoms with Gasteiger partial charge in [0.15, 0.2) is 0 Å². The molecular formula is C40H48N4O5. The summed E-state index contributed by atoms with van der Waals surface area (Å²) in [6, 6.07) is 22.6. The lowest BCUT2D eigenvalue weighted by Crippen LogP contribution is -2.46. The highest BCUT2D eigenvalue weighted by Crippen LogP contribution is 2.31. The number of aliphatic hydroxyl groups excluding tert-OH is 1. The number of hydrogen-bond acceptors (Lipinski definition) is 6. The normalized spacial score (nSPS) is 14.0. The lowest BCUT2D eigenvalue weighted by molar-refractivity contribution is 0.0544. The highest BCUT2D eigenvalue weighted by molar-refractivity contribution is 6.03. The van der Waals surface area contributed by atoms with Crippen molar-refractivity contribution in [1.29, 1.82) is 0 Å². The molecule has 4 aromatic rings. The van der Waals surface area contributed by atoms with E-state index in [0.717, 1.165) is 49.7 Å². The number of carbonyl (C=O) groups excluding carboxylic acids is 3. The molecule has 0 aliphatic carbocycles. The largest absolute Gasteiger partial charge is 0.465 e.